The molecule has 1 aromatic heterocycles. The van der Waals surface area contributed by atoms with Crippen molar-refractivity contribution in [3.63, 3.8) is 0 Å². The standard InChI is InChI=1S/C30H27N3O/c1-2-32(25-18-10-5-11-19-25)28(34)22-33-27-21-13-12-20-26(27)31-30(33)29(23-14-6-3-7-15-23)24-16-8-4-9-17-24/h3-21,29H,2,22H2,1H3. The van der Waals surface area contributed by atoms with Gasteiger partial charge < -0.3 is 9.47 Å². The quantitative estimate of drug-likeness (QED) is 0.296. The predicted octanol–water partition coefficient (Wildman–Crippen LogP) is 6.27. The van der Waals surface area contributed by atoms with E-state index < -0.39 is 0 Å². The van der Waals surface area contributed by atoms with Gasteiger partial charge in [0.25, 0.3) is 0 Å². The highest BCUT2D eigenvalue weighted by molar-refractivity contribution is 5.94. The van der Waals surface area contributed by atoms with Gasteiger partial charge in [0.05, 0.1) is 17.0 Å². The Kier molecular flexibility index (Phi) is 6.21. The van der Waals surface area contributed by atoms with Crippen LogP contribution in [0.25, 0.3) is 11.0 Å². The van der Waals surface area contributed by atoms with Crippen LogP contribution < -0.4 is 4.90 Å². The van der Waals surface area contributed by atoms with Crippen LogP contribution >= 0.6 is 0 Å². The second kappa shape index (κ2) is 9.75. The van der Waals surface area contributed by atoms with E-state index in [1.165, 1.54) is 0 Å². The van der Waals surface area contributed by atoms with Crippen molar-refractivity contribution in [1.29, 1.82) is 0 Å². The lowest BCUT2D eigenvalue weighted by molar-refractivity contribution is -0.119. The number of anilines is 1. The van der Waals surface area contributed by atoms with Crippen molar-refractivity contribution in [2.45, 2.75) is 19.4 Å². The smallest absolute Gasteiger partial charge is 0.246 e. The second-order valence-corrected chi connectivity index (χ2v) is 8.27. The summed E-state index contributed by atoms with van der Waals surface area (Å²) in [5, 5.41) is 0. The number of nitrogens with zero attached hydrogens (tertiary/aromatic N) is 3. The fraction of sp³-hybridized carbons (Fsp3) is 0.133. The molecule has 5 rings (SSSR count). The summed E-state index contributed by atoms with van der Waals surface area (Å²) in [6.45, 7) is 2.83. The molecule has 0 atom stereocenters. The van der Waals surface area contributed by atoms with E-state index in [0.29, 0.717) is 6.54 Å². The zero-order valence-corrected chi connectivity index (χ0v) is 19.2. The first-order valence-corrected chi connectivity index (χ1v) is 11.7. The van der Waals surface area contributed by atoms with Crippen LogP contribution in [-0.4, -0.2) is 22.0 Å². The van der Waals surface area contributed by atoms with E-state index >= 15 is 0 Å². The van der Waals surface area contributed by atoms with Gasteiger partial charge in [-0.2, -0.15) is 0 Å². The molecular weight excluding hydrogens is 418 g/mol. The monoisotopic (exact) mass is 445 g/mol. The molecule has 4 heteroatoms. The first-order chi connectivity index (χ1) is 16.8. The maximum Gasteiger partial charge on any atom is 0.246 e. The largest absolute Gasteiger partial charge is 0.318 e. The van der Waals surface area contributed by atoms with E-state index in [-0.39, 0.29) is 18.4 Å². The SMILES string of the molecule is CCN(C(=O)Cn1c(C(c2ccccc2)c2ccccc2)nc2ccccc21)c1ccccc1. The van der Waals surface area contributed by atoms with Crippen molar-refractivity contribution in [3.05, 3.63) is 132 Å². The lowest BCUT2D eigenvalue weighted by Crippen LogP contribution is -2.34. The highest BCUT2D eigenvalue weighted by Gasteiger charge is 2.26. The molecule has 0 aliphatic heterocycles. The zero-order valence-electron chi connectivity index (χ0n) is 19.2. The lowest BCUT2D eigenvalue weighted by atomic mass is 9.90. The summed E-state index contributed by atoms with van der Waals surface area (Å²) in [4.78, 5) is 20.5. The summed E-state index contributed by atoms with van der Waals surface area (Å²) in [5.74, 6) is 0.823. The maximum atomic E-state index is 13.6. The van der Waals surface area contributed by atoms with Crippen LogP contribution in [0.1, 0.15) is 29.8 Å². The third-order valence-corrected chi connectivity index (χ3v) is 6.19. The number of carbonyl (C=O) groups excluding carboxylic acids is 1. The van der Waals surface area contributed by atoms with Gasteiger partial charge in [-0.05, 0) is 42.3 Å². The molecule has 4 aromatic carbocycles. The van der Waals surface area contributed by atoms with E-state index in [9.17, 15) is 4.79 Å². The Labute approximate surface area is 200 Å². The molecule has 0 aliphatic carbocycles. The fourth-order valence-electron chi connectivity index (χ4n) is 4.59. The van der Waals surface area contributed by atoms with Gasteiger partial charge in [0.2, 0.25) is 5.91 Å². The normalized spacial score (nSPS) is 11.1. The third-order valence-electron chi connectivity index (χ3n) is 6.19. The van der Waals surface area contributed by atoms with E-state index in [2.05, 4.69) is 53.1 Å². The molecule has 1 heterocycles. The minimum absolute atomic E-state index is 0.0398. The van der Waals surface area contributed by atoms with Crippen LogP contribution in [0.3, 0.4) is 0 Å². The third kappa shape index (κ3) is 4.23. The highest BCUT2D eigenvalue weighted by atomic mass is 16.2. The summed E-state index contributed by atoms with van der Waals surface area (Å²) in [5.41, 5.74) is 5.06. The number of hydrogen-bond donors (Lipinski definition) is 0. The van der Waals surface area contributed by atoms with Crippen molar-refractivity contribution in [2.75, 3.05) is 11.4 Å². The van der Waals surface area contributed by atoms with Gasteiger partial charge >= 0.3 is 0 Å². The van der Waals surface area contributed by atoms with Gasteiger partial charge in [0.15, 0.2) is 0 Å². The molecule has 0 saturated heterocycles. The average Bonchev–Trinajstić information content (AvgIpc) is 3.24. The Bertz CT molecular complexity index is 1340. The van der Waals surface area contributed by atoms with E-state index in [1.54, 1.807) is 0 Å². The number of imidazole rings is 1. The fourth-order valence-corrected chi connectivity index (χ4v) is 4.59. The molecule has 0 saturated carbocycles. The summed E-state index contributed by atoms with van der Waals surface area (Å²) in [6, 6.07) is 38.7. The Balaban J connectivity index is 1.64. The molecule has 168 valence electrons. The maximum absolute atomic E-state index is 13.6. The number of benzene rings is 4. The number of para-hydroxylation sites is 3. The Morgan fingerprint density at radius 1 is 0.765 bits per heavy atom. The van der Waals surface area contributed by atoms with E-state index in [4.69, 9.17) is 4.98 Å². The van der Waals surface area contributed by atoms with Gasteiger partial charge in [-0.3, -0.25) is 4.79 Å². The van der Waals surface area contributed by atoms with Crippen molar-refractivity contribution >= 4 is 22.6 Å². The molecule has 0 spiro atoms. The number of hydrogen-bond acceptors (Lipinski definition) is 2. The molecular formula is C30H27N3O. The molecule has 0 N–H and O–H groups in total. The minimum atomic E-state index is -0.0885. The summed E-state index contributed by atoms with van der Waals surface area (Å²) in [7, 11) is 0. The van der Waals surface area contributed by atoms with Gasteiger partial charge in [-0.15, -0.1) is 0 Å². The summed E-state index contributed by atoms with van der Waals surface area (Å²) >= 11 is 0. The zero-order chi connectivity index (χ0) is 23.3. The molecule has 0 bridgehead atoms. The predicted molar refractivity (Wildman–Crippen MR) is 138 cm³/mol. The van der Waals surface area contributed by atoms with Crippen LogP contribution in [0.5, 0.6) is 0 Å². The van der Waals surface area contributed by atoms with Gasteiger partial charge in [0, 0.05) is 12.2 Å². The van der Waals surface area contributed by atoms with Crippen LogP contribution in [0.2, 0.25) is 0 Å². The topological polar surface area (TPSA) is 38.1 Å². The second-order valence-electron chi connectivity index (χ2n) is 8.27. The Morgan fingerprint density at radius 3 is 1.88 bits per heavy atom. The molecule has 0 aliphatic rings. The molecule has 1 amide bonds. The number of carbonyl (C=O) groups is 1. The summed E-state index contributed by atoms with van der Waals surface area (Å²) in [6.07, 6.45) is 0. The van der Waals surface area contributed by atoms with Gasteiger partial charge in [-0.25, -0.2) is 4.98 Å². The number of rotatable bonds is 7. The van der Waals surface area contributed by atoms with Crippen LogP contribution in [-0.2, 0) is 11.3 Å². The number of aromatic nitrogens is 2. The van der Waals surface area contributed by atoms with Crippen molar-refractivity contribution < 1.29 is 4.79 Å². The molecule has 0 fully saturated rings. The Hall–Kier alpha value is -4.18. The number of amides is 1. The van der Waals surface area contributed by atoms with Crippen molar-refractivity contribution in [2.24, 2.45) is 0 Å². The summed E-state index contributed by atoms with van der Waals surface area (Å²) < 4.78 is 2.09. The minimum Gasteiger partial charge on any atom is -0.318 e. The van der Waals surface area contributed by atoms with Crippen LogP contribution in [0.15, 0.2) is 115 Å². The van der Waals surface area contributed by atoms with Crippen LogP contribution in [0, 0.1) is 0 Å². The molecule has 34 heavy (non-hydrogen) atoms. The molecule has 4 nitrogen and oxygen atoms in total. The van der Waals surface area contributed by atoms with E-state index in [0.717, 1.165) is 33.7 Å². The van der Waals surface area contributed by atoms with E-state index in [1.807, 2.05) is 78.6 Å². The first kappa shape index (κ1) is 21.7. The average molecular weight is 446 g/mol. The molecule has 0 radical (unpaired) electrons. The van der Waals surface area contributed by atoms with Gasteiger partial charge in [-0.1, -0.05) is 91.0 Å². The first-order valence-electron chi connectivity index (χ1n) is 11.7. The molecule has 0 unspecified atom stereocenters. The van der Waals surface area contributed by atoms with Crippen LogP contribution in [0.4, 0.5) is 5.69 Å². The lowest BCUT2D eigenvalue weighted by Gasteiger charge is -2.24. The van der Waals surface area contributed by atoms with Gasteiger partial charge in [0.1, 0.15) is 12.4 Å². The van der Waals surface area contributed by atoms with Crippen molar-refractivity contribution in [1.82, 2.24) is 9.55 Å². The number of fused-ring (bicyclic) bond motifs is 1. The van der Waals surface area contributed by atoms with Crippen molar-refractivity contribution in [3.8, 4) is 0 Å². The Morgan fingerprint density at radius 2 is 1.29 bits per heavy atom. The highest BCUT2D eigenvalue weighted by Crippen LogP contribution is 2.33. The number of likely N-dealkylation sites (N-methyl/N-ethyl adjacent to an activating group) is 1. The molecule has 5 aromatic rings.